The first-order chi connectivity index (χ1) is 20.1. The Morgan fingerprint density at radius 1 is 1.05 bits per heavy atom. The largest absolute Gasteiger partial charge is 0.431 e. The lowest BCUT2D eigenvalue weighted by atomic mass is 9.94. The Morgan fingerprint density at radius 2 is 1.72 bits per heavy atom. The van der Waals surface area contributed by atoms with Crippen molar-refractivity contribution in [3.05, 3.63) is 100 Å². The number of amides is 2. The molecule has 0 radical (unpaired) electrons. The second-order valence-corrected chi connectivity index (χ2v) is 9.74. The molecule has 1 heterocycles. The highest BCUT2D eigenvalue weighted by atomic mass is 19.4. The van der Waals surface area contributed by atoms with Crippen LogP contribution >= 0.6 is 0 Å². The number of alkyl halides is 3. The number of aromatic nitrogens is 1. The van der Waals surface area contributed by atoms with Crippen molar-refractivity contribution in [1.29, 1.82) is 0 Å². The topological polar surface area (TPSA) is 127 Å². The monoisotopic (exact) mass is 606 g/mol. The quantitative estimate of drug-likeness (QED) is 0.224. The third kappa shape index (κ3) is 9.13. The maximum Gasteiger partial charge on any atom is 0.431 e. The molecule has 0 aliphatic rings. The van der Waals surface area contributed by atoms with Gasteiger partial charge in [0.1, 0.15) is 29.7 Å². The van der Waals surface area contributed by atoms with E-state index < -0.39 is 59.3 Å². The van der Waals surface area contributed by atoms with Gasteiger partial charge in [-0.15, -0.1) is 0 Å². The van der Waals surface area contributed by atoms with Gasteiger partial charge in [0.05, 0.1) is 17.3 Å². The summed E-state index contributed by atoms with van der Waals surface area (Å²) in [6, 6.07) is 8.44. The number of halogens is 6. The molecule has 43 heavy (non-hydrogen) atoms. The zero-order valence-corrected chi connectivity index (χ0v) is 23.1. The summed E-state index contributed by atoms with van der Waals surface area (Å²) in [7, 11) is 3.06. The number of benzene rings is 2. The third-order valence-electron chi connectivity index (χ3n) is 6.03. The number of hydrogen-bond donors (Lipinski definition) is 3. The zero-order chi connectivity index (χ0) is 31.9. The van der Waals surface area contributed by atoms with Crippen LogP contribution in [-0.2, 0) is 11.2 Å². The normalized spacial score (nSPS) is 13.2. The lowest BCUT2D eigenvalue weighted by Crippen LogP contribution is -2.33. The van der Waals surface area contributed by atoms with Crippen molar-refractivity contribution in [2.75, 3.05) is 27.2 Å². The van der Waals surface area contributed by atoms with Gasteiger partial charge in [0, 0.05) is 36.2 Å². The van der Waals surface area contributed by atoms with Crippen molar-refractivity contribution in [2.24, 2.45) is 16.5 Å². The minimum absolute atomic E-state index is 0.147. The van der Waals surface area contributed by atoms with Gasteiger partial charge in [-0.05, 0) is 62.0 Å². The van der Waals surface area contributed by atoms with Crippen LogP contribution in [-0.4, -0.2) is 61.3 Å². The highest BCUT2D eigenvalue weighted by molar-refractivity contribution is 5.94. The molecule has 2 amide bonds. The second kappa shape index (κ2) is 14.0. The Balaban J connectivity index is 1.99. The molecule has 3 aromatic rings. The molecule has 0 aliphatic heterocycles. The Hall–Kier alpha value is -4.72. The van der Waals surface area contributed by atoms with E-state index >= 15 is 0 Å². The molecule has 14 heteroatoms. The number of nitrogens with zero attached hydrogens (tertiary/aromatic N) is 3. The summed E-state index contributed by atoms with van der Waals surface area (Å²) >= 11 is 0. The lowest BCUT2D eigenvalue weighted by molar-refractivity contribution is -0.120. The first kappa shape index (κ1) is 32.8. The molecule has 3 rings (SSSR count). The molecule has 2 aromatic carbocycles. The standard InChI is InChI=1S/C29H28F6N6O2/c1-41(2)15-18(27(36)29(33,34)35)13-38-14-25(42)40-24(10-16-8-19(30)12-20(31)9-16)26-21(4-3-7-39-26)17-5-6-23(32)22(11-17)28(37)43/h3-9,11-13,24H,10,14-15,36H2,1-2H3,(H2,37,43)(H,40,42)/t24-/m0/s1. The fourth-order valence-electron chi connectivity index (χ4n) is 4.20. The highest BCUT2D eigenvalue weighted by Gasteiger charge is 2.34. The van der Waals surface area contributed by atoms with Crippen LogP contribution in [0.5, 0.6) is 0 Å². The molecule has 0 aliphatic carbocycles. The smallest absolute Gasteiger partial charge is 0.394 e. The van der Waals surface area contributed by atoms with Crippen LogP contribution in [0, 0.1) is 17.5 Å². The van der Waals surface area contributed by atoms with Crippen LogP contribution < -0.4 is 16.8 Å². The number of rotatable bonds is 11. The van der Waals surface area contributed by atoms with E-state index in [-0.39, 0.29) is 29.8 Å². The van der Waals surface area contributed by atoms with E-state index in [2.05, 4.69) is 15.3 Å². The van der Waals surface area contributed by atoms with Gasteiger partial charge in [-0.3, -0.25) is 19.6 Å². The lowest BCUT2D eigenvalue weighted by Gasteiger charge is -2.21. The van der Waals surface area contributed by atoms with Gasteiger partial charge in [0.25, 0.3) is 5.91 Å². The average molecular weight is 607 g/mol. The van der Waals surface area contributed by atoms with Gasteiger partial charge < -0.3 is 21.7 Å². The Labute approximate surface area is 243 Å². The van der Waals surface area contributed by atoms with E-state index in [1.54, 1.807) is 12.1 Å². The minimum atomic E-state index is -4.81. The van der Waals surface area contributed by atoms with Gasteiger partial charge in [-0.1, -0.05) is 12.1 Å². The summed E-state index contributed by atoms with van der Waals surface area (Å²) in [5.74, 6) is -4.36. The summed E-state index contributed by atoms with van der Waals surface area (Å²) < 4.78 is 81.7. The van der Waals surface area contributed by atoms with Crippen LogP contribution in [0.15, 0.2) is 71.0 Å². The van der Waals surface area contributed by atoms with Crippen molar-refractivity contribution >= 4 is 18.0 Å². The molecule has 0 saturated heterocycles. The Kier molecular flexibility index (Phi) is 10.6. The fraction of sp³-hybridized carbons (Fsp3) is 0.241. The molecule has 5 N–H and O–H groups in total. The number of carbonyl (C=O) groups excluding carboxylic acids is 2. The van der Waals surface area contributed by atoms with E-state index in [1.807, 2.05) is 0 Å². The summed E-state index contributed by atoms with van der Waals surface area (Å²) in [6.07, 6.45) is -2.74. The summed E-state index contributed by atoms with van der Waals surface area (Å²) in [5.41, 5.74) is 9.40. The molecule has 8 nitrogen and oxygen atoms in total. The van der Waals surface area contributed by atoms with Gasteiger partial charge >= 0.3 is 6.18 Å². The molecule has 1 aromatic heterocycles. The molecule has 0 saturated carbocycles. The summed E-state index contributed by atoms with van der Waals surface area (Å²) in [5, 5.41) is 2.65. The van der Waals surface area contributed by atoms with Gasteiger partial charge in [-0.25, -0.2) is 13.2 Å². The SMILES string of the molecule is CN(C)CC(C=NCC(=O)N[C@@H](Cc1cc(F)cc(F)c1)c1ncccc1-c1ccc(F)c(C(N)=O)c1)=C(N)C(F)(F)F. The first-order valence-electron chi connectivity index (χ1n) is 12.6. The highest BCUT2D eigenvalue weighted by Crippen LogP contribution is 2.30. The molecular weight excluding hydrogens is 578 g/mol. The van der Waals surface area contributed by atoms with Crippen molar-refractivity contribution in [3.63, 3.8) is 0 Å². The van der Waals surface area contributed by atoms with Crippen molar-refractivity contribution in [3.8, 4) is 11.1 Å². The van der Waals surface area contributed by atoms with Gasteiger partial charge in [0.15, 0.2) is 0 Å². The molecular formula is C29H28F6N6O2. The maximum atomic E-state index is 14.2. The minimum Gasteiger partial charge on any atom is -0.394 e. The van der Waals surface area contributed by atoms with Crippen molar-refractivity contribution < 1.29 is 35.9 Å². The summed E-state index contributed by atoms with van der Waals surface area (Å²) in [4.78, 5) is 34.3. The molecule has 0 fully saturated rings. The molecule has 0 unspecified atom stereocenters. The number of likely N-dealkylation sites (N-methyl/N-ethyl adjacent to an activating group) is 1. The van der Waals surface area contributed by atoms with Crippen LogP contribution in [0.25, 0.3) is 11.1 Å². The second-order valence-electron chi connectivity index (χ2n) is 9.74. The third-order valence-corrected chi connectivity index (χ3v) is 6.03. The number of carbonyl (C=O) groups is 2. The van der Waals surface area contributed by atoms with Gasteiger partial charge in [-0.2, -0.15) is 13.2 Å². The van der Waals surface area contributed by atoms with E-state index in [1.165, 1.54) is 37.3 Å². The van der Waals surface area contributed by atoms with Crippen LogP contribution in [0.4, 0.5) is 26.3 Å². The number of primary amides is 1. The van der Waals surface area contributed by atoms with Crippen molar-refractivity contribution in [1.82, 2.24) is 15.2 Å². The molecule has 0 spiro atoms. The Morgan fingerprint density at radius 3 is 2.33 bits per heavy atom. The number of hydrogen-bond acceptors (Lipinski definition) is 6. The number of pyridine rings is 1. The van der Waals surface area contributed by atoms with Crippen LogP contribution in [0.3, 0.4) is 0 Å². The van der Waals surface area contributed by atoms with Crippen LogP contribution in [0.2, 0.25) is 0 Å². The van der Waals surface area contributed by atoms with E-state index in [4.69, 9.17) is 11.5 Å². The molecule has 228 valence electrons. The average Bonchev–Trinajstić information content (AvgIpc) is 2.90. The predicted molar refractivity (Wildman–Crippen MR) is 148 cm³/mol. The zero-order valence-electron chi connectivity index (χ0n) is 23.1. The molecule has 0 bridgehead atoms. The van der Waals surface area contributed by atoms with Crippen molar-refractivity contribution in [2.45, 2.75) is 18.6 Å². The first-order valence-corrected chi connectivity index (χ1v) is 12.6. The van der Waals surface area contributed by atoms with E-state index in [9.17, 15) is 35.9 Å². The fourth-order valence-corrected chi connectivity index (χ4v) is 4.20. The number of nitrogens with two attached hydrogens (primary N) is 2. The molecule has 1 atom stereocenters. The number of aliphatic imine (C=N–C) groups is 1. The number of allylic oxidation sites excluding steroid dienone is 1. The Bertz CT molecular complexity index is 1530. The summed E-state index contributed by atoms with van der Waals surface area (Å²) in [6.45, 7) is -0.826. The van der Waals surface area contributed by atoms with E-state index in [0.29, 0.717) is 17.2 Å². The maximum absolute atomic E-state index is 14.2. The predicted octanol–water partition coefficient (Wildman–Crippen LogP) is 4.07. The van der Waals surface area contributed by atoms with Crippen LogP contribution in [0.1, 0.15) is 27.7 Å². The van der Waals surface area contributed by atoms with Gasteiger partial charge in [0.2, 0.25) is 5.91 Å². The van der Waals surface area contributed by atoms with E-state index in [0.717, 1.165) is 24.4 Å². The number of nitrogens with one attached hydrogen (secondary N) is 1.